The van der Waals surface area contributed by atoms with Crippen molar-refractivity contribution in [2.75, 3.05) is 13.1 Å². The van der Waals surface area contributed by atoms with E-state index in [4.69, 9.17) is 0 Å². The zero-order chi connectivity index (χ0) is 8.97. The van der Waals surface area contributed by atoms with Crippen molar-refractivity contribution in [3.63, 3.8) is 0 Å². The van der Waals surface area contributed by atoms with Gasteiger partial charge in [0.05, 0.1) is 13.0 Å². The van der Waals surface area contributed by atoms with E-state index in [1.807, 2.05) is 0 Å². The molecule has 0 aromatic carbocycles. The van der Waals surface area contributed by atoms with Crippen LogP contribution in [-0.4, -0.2) is 29.7 Å². The van der Waals surface area contributed by atoms with Gasteiger partial charge in [-0.25, -0.2) is 0 Å². The molecule has 1 aliphatic heterocycles. The van der Waals surface area contributed by atoms with Crippen LogP contribution in [0.3, 0.4) is 0 Å². The number of ketones is 1. The Hall–Kier alpha value is -1.30. The van der Waals surface area contributed by atoms with E-state index in [2.05, 4.69) is 11.8 Å². The summed E-state index contributed by atoms with van der Waals surface area (Å²) in [5.41, 5.74) is 0. The Bertz CT molecular complexity index is 259. The number of nitrogens with zero attached hydrogens (tertiary/aromatic N) is 1. The third-order valence-electron chi connectivity index (χ3n) is 1.75. The molecular weight excluding hydrogens is 154 g/mol. The summed E-state index contributed by atoms with van der Waals surface area (Å²) < 4.78 is 0. The molecule has 64 valence electrons. The number of amides is 1. The summed E-state index contributed by atoms with van der Waals surface area (Å²) in [6.45, 7) is 2.63. The molecule has 12 heavy (non-hydrogen) atoms. The number of likely N-dealkylation sites (tertiary alicyclic amines) is 1. The molecule has 1 heterocycles. The maximum Gasteiger partial charge on any atom is 0.230 e. The molecule has 1 amide bonds. The normalized spacial score (nSPS) is 16.2. The highest BCUT2D eigenvalue weighted by atomic mass is 16.2. The molecule has 0 atom stereocenters. The van der Waals surface area contributed by atoms with E-state index in [0.717, 1.165) is 0 Å². The Morgan fingerprint density at radius 2 is 2.25 bits per heavy atom. The summed E-state index contributed by atoms with van der Waals surface area (Å²) in [7, 11) is 0. The Morgan fingerprint density at radius 1 is 1.50 bits per heavy atom. The molecule has 0 N–H and O–H groups in total. The van der Waals surface area contributed by atoms with Crippen molar-refractivity contribution in [3.8, 4) is 11.8 Å². The van der Waals surface area contributed by atoms with Crippen molar-refractivity contribution < 1.29 is 9.59 Å². The van der Waals surface area contributed by atoms with Crippen LogP contribution in [-0.2, 0) is 9.59 Å². The van der Waals surface area contributed by atoms with Gasteiger partial charge in [-0.2, -0.15) is 0 Å². The molecule has 0 bridgehead atoms. The molecule has 0 spiro atoms. The van der Waals surface area contributed by atoms with Gasteiger partial charge in [0, 0.05) is 13.0 Å². The van der Waals surface area contributed by atoms with Gasteiger partial charge in [0.15, 0.2) is 5.78 Å². The fraction of sp³-hybridized carbons (Fsp3) is 0.556. The molecule has 3 nitrogen and oxygen atoms in total. The summed E-state index contributed by atoms with van der Waals surface area (Å²) in [4.78, 5) is 23.4. The van der Waals surface area contributed by atoms with Crippen LogP contribution in [0, 0.1) is 11.8 Å². The van der Waals surface area contributed by atoms with Crippen LogP contribution < -0.4 is 0 Å². The standard InChI is InChI=1S/C9H11NO2/c1-2-3-4-5-10-7-8(11)6-9(10)12/h4-7H2,1H3. The van der Waals surface area contributed by atoms with Crippen LogP contribution in [0.15, 0.2) is 0 Å². The van der Waals surface area contributed by atoms with Crippen LogP contribution in [0.5, 0.6) is 0 Å². The van der Waals surface area contributed by atoms with Gasteiger partial charge < -0.3 is 4.90 Å². The van der Waals surface area contributed by atoms with Gasteiger partial charge in [-0.05, 0) is 6.92 Å². The van der Waals surface area contributed by atoms with E-state index in [0.29, 0.717) is 13.0 Å². The van der Waals surface area contributed by atoms with E-state index in [-0.39, 0.29) is 24.7 Å². The van der Waals surface area contributed by atoms with E-state index in [1.54, 1.807) is 11.8 Å². The monoisotopic (exact) mass is 165 g/mol. The average molecular weight is 165 g/mol. The maximum absolute atomic E-state index is 11.0. The average Bonchev–Trinajstić information content (AvgIpc) is 2.31. The molecule has 0 radical (unpaired) electrons. The first-order valence-electron chi connectivity index (χ1n) is 3.93. The highest BCUT2D eigenvalue weighted by molar-refractivity contribution is 6.05. The van der Waals surface area contributed by atoms with Crippen molar-refractivity contribution in [1.82, 2.24) is 4.90 Å². The van der Waals surface area contributed by atoms with Crippen LogP contribution in [0.4, 0.5) is 0 Å². The van der Waals surface area contributed by atoms with Crippen LogP contribution >= 0.6 is 0 Å². The predicted octanol–water partition coefficient (Wildman–Crippen LogP) is 0.201. The summed E-state index contributed by atoms with van der Waals surface area (Å²) in [6, 6.07) is 0. The van der Waals surface area contributed by atoms with E-state index in [1.165, 1.54) is 0 Å². The van der Waals surface area contributed by atoms with Gasteiger partial charge in [0.1, 0.15) is 0 Å². The quantitative estimate of drug-likeness (QED) is 0.433. The van der Waals surface area contributed by atoms with Crippen molar-refractivity contribution in [2.24, 2.45) is 0 Å². The minimum absolute atomic E-state index is 0.0180. The first kappa shape index (κ1) is 8.79. The summed E-state index contributed by atoms with van der Waals surface area (Å²) >= 11 is 0. The first-order chi connectivity index (χ1) is 5.74. The zero-order valence-corrected chi connectivity index (χ0v) is 7.09. The molecule has 1 rings (SSSR count). The largest absolute Gasteiger partial charge is 0.334 e. The molecule has 1 fully saturated rings. The maximum atomic E-state index is 11.0. The lowest BCUT2D eigenvalue weighted by molar-refractivity contribution is -0.127. The van der Waals surface area contributed by atoms with E-state index >= 15 is 0 Å². The predicted molar refractivity (Wildman–Crippen MR) is 44.3 cm³/mol. The topological polar surface area (TPSA) is 37.4 Å². The molecule has 3 heteroatoms. The highest BCUT2D eigenvalue weighted by Gasteiger charge is 2.26. The number of Topliss-reactive ketones (excluding diaryl/α,β-unsaturated/α-hetero) is 1. The summed E-state index contributed by atoms with van der Waals surface area (Å²) in [5, 5.41) is 0. The third-order valence-corrected chi connectivity index (χ3v) is 1.75. The third kappa shape index (κ3) is 2.09. The second-order valence-corrected chi connectivity index (χ2v) is 2.71. The Kier molecular flexibility index (Phi) is 2.87. The van der Waals surface area contributed by atoms with Crippen LogP contribution in [0.1, 0.15) is 19.8 Å². The summed E-state index contributed by atoms with van der Waals surface area (Å²) in [6.07, 6.45) is 0.745. The highest BCUT2D eigenvalue weighted by Crippen LogP contribution is 2.06. The lowest BCUT2D eigenvalue weighted by atomic mass is 10.3. The number of carbonyl (C=O) groups is 2. The smallest absolute Gasteiger partial charge is 0.230 e. The van der Waals surface area contributed by atoms with Gasteiger partial charge in [-0.1, -0.05) is 0 Å². The van der Waals surface area contributed by atoms with Gasteiger partial charge in [0.25, 0.3) is 0 Å². The Balaban J connectivity index is 2.36. The van der Waals surface area contributed by atoms with E-state index < -0.39 is 0 Å². The van der Waals surface area contributed by atoms with Crippen molar-refractivity contribution in [2.45, 2.75) is 19.8 Å². The summed E-state index contributed by atoms with van der Waals surface area (Å²) in [5.74, 6) is 5.56. The number of hydrogen-bond acceptors (Lipinski definition) is 2. The fourth-order valence-electron chi connectivity index (χ4n) is 1.16. The molecule has 1 aliphatic rings. The zero-order valence-electron chi connectivity index (χ0n) is 7.09. The molecule has 0 aromatic heterocycles. The lowest BCUT2D eigenvalue weighted by Crippen LogP contribution is -2.26. The molecule has 0 saturated carbocycles. The molecule has 1 saturated heterocycles. The first-order valence-corrected chi connectivity index (χ1v) is 3.93. The fourth-order valence-corrected chi connectivity index (χ4v) is 1.16. The van der Waals surface area contributed by atoms with Crippen molar-refractivity contribution in [1.29, 1.82) is 0 Å². The number of hydrogen-bond donors (Lipinski definition) is 0. The van der Waals surface area contributed by atoms with Crippen LogP contribution in [0.2, 0.25) is 0 Å². The van der Waals surface area contributed by atoms with E-state index in [9.17, 15) is 9.59 Å². The molecule has 0 aromatic rings. The Morgan fingerprint density at radius 3 is 2.75 bits per heavy atom. The van der Waals surface area contributed by atoms with Gasteiger partial charge >= 0.3 is 0 Å². The second-order valence-electron chi connectivity index (χ2n) is 2.71. The molecule has 0 aliphatic carbocycles. The van der Waals surface area contributed by atoms with Gasteiger partial charge in [-0.3, -0.25) is 9.59 Å². The Labute approximate surface area is 71.7 Å². The molecule has 0 unspecified atom stereocenters. The lowest BCUT2D eigenvalue weighted by Gasteiger charge is -2.11. The number of carbonyl (C=O) groups excluding carboxylic acids is 2. The number of rotatable bonds is 2. The van der Waals surface area contributed by atoms with Gasteiger partial charge in [0.2, 0.25) is 5.91 Å². The van der Waals surface area contributed by atoms with Crippen molar-refractivity contribution >= 4 is 11.7 Å². The second kappa shape index (κ2) is 3.91. The van der Waals surface area contributed by atoms with Crippen LogP contribution in [0.25, 0.3) is 0 Å². The SMILES string of the molecule is CC#CCCN1CC(=O)CC1=O. The molecular formula is C9H11NO2. The van der Waals surface area contributed by atoms with Crippen molar-refractivity contribution in [3.05, 3.63) is 0 Å². The van der Waals surface area contributed by atoms with Gasteiger partial charge in [-0.15, -0.1) is 11.8 Å². The minimum atomic E-state index is -0.0575. The minimum Gasteiger partial charge on any atom is -0.334 e.